The minimum absolute atomic E-state index is 0.101. The minimum atomic E-state index is -0.705. The van der Waals surface area contributed by atoms with Crippen LogP contribution in [0.2, 0.25) is 0 Å². The van der Waals surface area contributed by atoms with E-state index in [0.717, 1.165) is 4.90 Å². The van der Waals surface area contributed by atoms with Gasteiger partial charge in [-0.1, -0.05) is 29.8 Å². The number of para-hydroxylation sites is 1. The molecule has 8 nitrogen and oxygen atoms in total. The molecule has 1 aliphatic heterocycles. The Hall–Kier alpha value is -4.30. The second kappa shape index (κ2) is 9.68. The lowest BCUT2D eigenvalue weighted by atomic mass is 10.2. The maximum absolute atomic E-state index is 13.1. The zero-order valence-electron chi connectivity index (χ0n) is 18.2. The van der Waals surface area contributed by atoms with Crippen LogP contribution in [0.1, 0.15) is 10.4 Å². The summed E-state index contributed by atoms with van der Waals surface area (Å²) in [6.45, 7) is 0. The number of rotatable bonds is 7. The van der Waals surface area contributed by atoms with Crippen molar-refractivity contribution in [1.29, 1.82) is 0 Å². The molecule has 1 aliphatic rings. The van der Waals surface area contributed by atoms with Crippen molar-refractivity contribution in [2.45, 2.75) is 0 Å². The molecule has 0 bridgehead atoms. The zero-order valence-corrected chi connectivity index (χ0v) is 19.0. The van der Waals surface area contributed by atoms with E-state index < -0.39 is 17.8 Å². The summed E-state index contributed by atoms with van der Waals surface area (Å²) in [6.07, 6.45) is 0. The molecular formula is C25H19ClN2O6. The third kappa shape index (κ3) is 4.44. The number of halogens is 1. The Morgan fingerprint density at radius 1 is 0.853 bits per heavy atom. The van der Waals surface area contributed by atoms with Crippen molar-refractivity contribution in [2.24, 2.45) is 0 Å². The maximum Gasteiger partial charge on any atom is 0.343 e. The summed E-state index contributed by atoms with van der Waals surface area (Å²) in [6, 6.07) is 19.6. The van der Waals surface area contributed by atoms with Gasteiger partial charge >= 0.3 is 5.97 Å². The number of nitrogens with one attached hydrogen (secondary N) is 1. The Balaban J connectivity index is 1.53. The number of methoxy groups -OCH3 is 2. The van der Waals surface area contributed by atoms with Crippen molar-refractivity contribution in [2.75, 3.05) is 24.4 Å². The molecular weight excluding hydrogens is 460 g/mol. The van der Waals surface area contributed by atoms with E-state index in [4.69, 9.17) is 25.8 Å². The second-order valence-electron chi connectivity index (χ2n) is 7.08. The normalized spacial score (nSPS) is 13.2. The van der Waals surface area contributed by atoms with Crippen LogP contribution in [0.25, 0.3) is 0 Å². The van der Waals surface area contributed by atoms with Crippen LogP contribution < -0.4 is 24.4 Å². The van der Waals surface area contributed by atoms with E-state index >= 15 is 0 Å². The monoisotopic (exact) mass is 478 g/mol. The molecule has 3 aromatic rings. The molecule has 9 heteroatoms. The van der Waals surface area contributed by atoms with E-state index in [-0.39, 0.29) is 16.4 Å². The van der Waals surface area contributed by atoms with Gasteiger partial charge in [0.15, 0.2) is 0 Å². The first-order valence-electron chi connectivity index (χ1n) is 10.1. The van der Waals surface area contributed by atoms with Gasteiger partial charge in [0.2, 0.25) is 0 Å². The topological polar surface area (TPSA) is 94.2 Å². The van der Waals surface area contributed by atoms with Crippen molar-refractivity contribution in [3.05, 3.63) is 89.1 Å². The molecule has 1 N–H and O–H groups in total. The Morgan fingerprint density at radius 3 is 2.21 bits per heavy atom. The number of hydrogen-bond donors (Lipinski definition) is 1. The number of ether oxygens (including phenoxy) is 3. The van der Waals surface area contributed by atoms with Gasteiger partial charge in [0.25, 0.3) is 11.8 Å². The first kappa shape index (κ1) is 22.9. The Labute approximate surface area is 200 Å². The van der Waals surface area contributed by atoms with Crippen LogP contribution in [0.5, 0.6) is 17.2 Å². The van der Waals surface area contributed by atoms with Gasteiger partial charge in [-0.2, -0.15) is 0 Å². The molecule has 0 saturated carbocycles. The largest absolute Gasteiger partial charge is 0.497 e. The van der Waals surface area contributed by atoms with Gasteiger partial charge in [0.05, 0.1) is 25.5 Å². The summed E-state index contributed by atoms with van der Waals surface area (Å²) >= 11 is 6.22. The molecule has 0 spiro atoms. The first-order valence-corrected chi connectivity index (χ1v) is 10.5. The van der Waals surface area contributed by atoms with Crippen LogP contribution >= 0.6 is 11.6 Å². The second-order valence-corrected chi connectivity index (χ2v) is 7.46. The van der Waals surface area contributed by atoms with Gasteiger partial charge in [-0.25, -0.2) is 9.69 Å². The molecule has 1 heterocycles. The number of benzene rings is 3. The lowest BCUT2D eigenvalue weighted by Gasteiger charge is -2.19. The fraction of sp³-hybridized carbons (Fsp3) is 0.0800. The average Bonchev–Trinajstić information content (AvgIpc) is 3.07. The van der Waals surface area contributed by atoms with Crippen molar-refractivity contribution < 1.29 is 28.6 Å². The van der Waals surface area contributed by atoms with Crippen molar-refractivity contribution in [3.8, 4) is 17.2 Å². The fourth-order valence-corrected chi connectivity index (χ4v) is 3.50. The van der Waals surface area contributed by atoms with Crippen LogP contribution in [0, 0.1) is 0 Å². The lowest BCUT2D eigenvalue weighted by Crippen LogP contribution is -2.32. The van der Waals surface area contributed by atoms with Gasteiger partial charge in [0, 0.05) is 11.8 Å². The summed E-state index contributed by atoms with van der Waals surface area (Å²) in [5.74, 6) is -0.729. The van der Waals surface area contributed by atoms with Gasteiger partial charge in [0.1, 0.15) is 28.0 Å². The highest BCUT2D eigenvalue weighted by molar-refractivity contribution is 6.53. The molecule has 0 radical (unpaired) electrons. The quantitative estimate of drug-likeness (QED) is 0.306. The maximum atomic E-state index is 13.1. The van der Waals surface area contributed by atoms with E-state index in [1.54, 1.807) is 48.5 Å². The van der Waals surface area contributed by atoms with Crippen LogP contribution in [0.15, 0.2) is 83.5 Å². The summed E-state index contributed by atoms with van der Waals surface area (Å²) in [7, 11) is 2.89. The van der Waals surface area contributed by atoms with Gasteiger partial charge in [-0.15, -0.1) is 0 Å². The summed E-state index contributed by atoms with van der Waals surface area (Å²) in [5.41, 5.74) is 0.859. The average molecular weight is 479 g/mol. The standard InChI is InChI=1S/C25H19ClN2O6/c1-32-18-12-13-20(33-2)19(14-18)28-23(29)21(26)22(24(28)30)27-16-10-8-15(9-11-16)25(31)34-17-6-4-3-5-7-17/h3-14,27H,1-2H3. The molecule has 34 heavy (non-hydrogen) atoms. The third-order valence-electron chi connectivity index (χ3n) is 5.00. The highest BCUT2D eigenvalue weighted by Gasteiger charge is 2.40. The molecule has 2 amide bonds. The third-order valence-corrected chi connectivity index (χ3v) is 5.35. The van der Waals surface area contributed by atoms with E-state index in [2.05, 4.69) is 5.32 Å². The van der Waals surface area contributed by atoms with Crippen molar-refractivity contribution >= 4 is 40.8 Å². The molecule has 172 valence electrons. The number of imide groups is 1. The molecule has 0 aliphatic carbocycles. The Kier molecular flexibility index (Phi) is 6.51. The van der Waals surface area contributed by atoms with E-state index in [1.165, 1.54) is 32.4 Å². The van der Waals surface area contributed by atoms with Crippen molar-refractivity contribution in [3.63, 3.8) is 0 Å². The van der Waals surface area contributed by atoms with Gasteiger partial charge < -0.3 is 19.5 Å². The highest BCUT2D eigenvalue weighted by Crippen LogP contribution is 2.37. The van der Waals surface area contributed by atoms with E-state index in [9.17, 15) is 14.4 Å². The molecule has 0 saturated heterocycles. The van der Waals surface area contributed by atoms with Crippen LogP contribution in [0.4, 0.5) is 11.4 Å². The summed E-state index contributed by atoms with van der Waals surface area (Å²) < 4.78 is 15.8. The van der Waals surface area contributed by atoms with Crippen LogP contribution in [-0.4, -0.2) is 32.0 Å². The molecule has 3 aromatic carbocycles. The summed E-state index contributed by atoms with van der Waals surface area (Å²) in [5, 5.41) is 2.59. The molecule has 0 unspecified atom stereocenters. The number of esters is 1. The smallest absolute Gasteiger partial charge is 0.343 e. The zero-order chi connectivity index (χ0) is 24.2. The van der Waals surface area contributed by atoms with Crippen molar-refractivity contribution in [1.82, 2.24) is 0 Å². The molecule has 0 atom stereocenters. The molecule has 4 rings (SSSR count). The SMILES string of the molecule is COc1ccc(OC)c(N2C(=O)C(Cl)=C(Nc3ccc(C(=O)Oc4ccccc4)cc3)C2=O)c1. The number of hydrogen-bond acceptors (Lipinski definition) is 7. The molecule has 0 fully saturated rings. The Morgan fingerprint density at radius 2 is 1.56 bits per heavy atom. The number of carbonyl (C=O) groups is 3. The fourth-order valence-electron chi connectivity index (χ4n) is 3.29. The van der Waals surface area contributed by atoms with E-state index in [0.29, 0.717) is 28.5 Å². The number of amides is 2. The van der Waals surface area contributed by atoms with E-state index in [1.807, 2.05) is 6.07 Å². The number of nitrogens with zero attached hydrogens (tertiary/aromatic N) is 1. The van der Waals surface area contributed by atoms with Crippen LogP contribution in [0.3, 0.4) is 0 Å². The highest BCUT2D eigenvalue weighted by atomic mass is 35.5. The first-order chi connectivity index (χ1) is 16.4. The van der Waals surface area contributed by atoms with Gasteiger partial charge in [-0.3, -0.25) is 9.59 Å². The predicted octanol–water partition coefficient (Wildman–Crippen LogP) is 4.36. The lowest BCUT2D eigenvalue weighted by molar-refractivity contribution is -0.120. The molecule has 0 aromatic heterocycles. The van der Waals surface area contributed by atoms with Gasteiger partial charge in [-0.05, 0) is 48.5 Å². The summed E-state index contributed by atoms with van der Waals surface area (Å²) in [4.78, 5) is 39.2. The predicted molar refractivity (Wildman–Crippen MR) is 126 cm³/mol. The van der Waals surface area contributed by atoms with Crippen LogP contribution in [-0.2, 0) is 9.59 Å². The Bertz CT molecular complexity index is 1290. The minimum Gasteiger partial charge on any atom is -0.497 e. The number of anilines is 2. The number of carbonyl (C=O) groups excluding carboxylic acids is 3.